The first-order valence-corrected chi connectivity index (χ1v) is 11.4. The SMILES string of the molecule is Cc1c(C(=O)Nc2ccccc2F)sc2ncn(CC(=O)N3C[C@@H](C)C[C@H](C)C3)c(=O)c12. The molecule has 2 aromatic heterocycles. The van der Waals surface area contributed by atoms with Gasteiger partial charge in [-0.25, -0.2) is 9.37 Å². The molecule has 0 saturated carbocycles. The van der Waals surface area contributed by atoms with Crippen LogP contribution in [0.4, 0.5) is 10.1 Å². The van der Waals surface area contributed by atoms with E-state index in [2.05, 4.69) is 24.1 Å². The van der Waals surface area contributed by atoms with Crippen LogP contribution < -0.4 is 10.9 Å². The van der Waals surface area contributed by atoms with Crippen LogP contribution >= 0.6 is 11.3 Å². The highest BCUT2D eigenvalue weighted by Gasteiger charge is 2.26. The van der Waals surface area contributed by atoms with Crippen molar-refractivity contribution in [3.05, 3.63) is 57.2 Å². The number of thiophene rings is 1. The predicted octanol–water partition coefficient (Wildman–Crippen LogP) is 3.66. The third kappa shape index (κ3) is 4.29. The summed E-state index contributed by atoms with van der Waals surface area (Å²) in [6.45, 7) is 7.19. The van der Waals surface area contributed by atoms with Crippen LogP contribution in [0.5, 0.6) is 0 Å². The number of carbonyl (C=O) groups excluding carboxylic acids is 2. The van der Waals surface area contributed by atoms with Gasteiger partial charge in [0.2, 0.25) is 5.91 Å². The molecule has 7 nitrogen and oxygen atoms in total. The van der Waals surface area contributed by atoms with Gasteiger partial charge in [0.05, 0.1) is 22.3 Å². The van der Waals surface area contributed by atoms with Gasteiger partial charge in [0.1, 0.15) is 17.2 Å². The van der Waals surface area contributed by atoms with Crippen LogP contribution in [0.3, 0.4) is 0 Å². The number of amides is 2. The summed E-state index contributed by atoms with van der Waals surface area (Å²) in [7, 11) is 0. The number of halogens is 1. The maximum Gasteiger partial charge on any atom is 0.266 e. The summed E-state index contributed by atoms with van der Waals surface area (Å²) < 4.78 is 15.2. The van der Waals surface area contributed by atoms with E-state index in [4.69, 9.17) is 0 Å². The van der Waals surface area contributed by atoms with Gasteiger partial charge in [-0.3, -0.25) is 19.0 Å². The topological polar surface area (TPSA) is 84.3 Å². The summed E-state index contributed by atoms with van der Waals surface area (Å²) in [5.74, 6) is -0.310. The maximum absolute atomic E-state index is 13.9. The van der Waals surface area contributed by atoms with E-state index in [9.17, 15) is 18.8 Å². The van der Waals surface area contributed by atoms with Crippen molar-refractivity contribution in [2.24, 2.45) is 11.8 Å². The third-order valence-corrected chi connectivity index (χ3v) is 6.97. The molecule has 1 fully saturated rings. The molecule has 1 saturated heterocycles. The van der Waals surface area contributed by atoms with E-state index in [1.54, 1.807) is 13.0 Å². The van der Waals surface area contributed by atoms with Gasteiger partial charge in [0, 0.05) is 13.1 Å². The molecule has 0 bridgehead atoms. The quantitative estimate of drug-likeness (QED) is 0.649. The van der Waals surface area contributed by atoms with Crippen LogP contribution in [-0.4, -0.2) is 39.4 Å². The number of carbonyl (C=O) groups is 2. The molecule has 0 unspecified atom stereocenters. The summed E-state index contributed by atoms with van der Waals surface area (Å²) >= 11 is 1.07. The average molecular weight is 457 g/mol. The van der Waals surface area contributed by atoms with Crippen molar-refractivity contribution in [2.75, 3.05) is 18.4 Å². The van der Waals surface area contributed by atoms with Crippen molar-refractivity contribution >= 4 is 39.1 Å². The molecule has 1 aliphatic heterocycles. The number of aromatic nitrogens is 2. The van der Waals surface area contributed by atoms with Crippen LogP contribution in [0.15, 0.2) is 35.4 Å². The predicted molar refractivity (Wildman–Crippen MR) is 122 cm³/mol. The molecule has 0 aliphatic carbocycles. The molecule has 1 aromatic carbocycles. The minimum atomic E-state index is -0.542. The molecule has 168 valence electrons. The molecule has 32 heavy (non-hydrogen) atoms. The van der Waals surface area contributed by atoms with Crippen molar-refractivity contribution in [2.45, 2.75) is 33.7 Å². The Bertz CT molecular complexity index is 1240. The fourth-order valence-corrected chi connectivity index (χ4v) is 5.38. The Kier molecular flexibility index (Phi) is 6.10. The zero-order valence-electron chi connectivity index (χ0n) is 18.2. The molecule has 1 aliphatic rings. The first-order valence-electron chi connectivity index (χ1n) is 10.6. The van der Waals surface area contributed by atoms with Gasteiger partial charge < -0.3 is 10.2 Å². The smallest absolute Gasteiger partial charge is 0.266 e. The molecule has 4 rings (SSSR count). The lowest BCUT2D eigenvalue weighted by molar-refractivity contribution is -0.134. The normalized spacial score (nSPS) is 18.7. The molecule has 1 N–H and O–H groups in total. The van der Waals surface area contributed by atoms with Gasteiger partial charge >= 0.3 is 0 Å². The minimum Gasteiger partial charge on any atom is -0.341 e. The van der Waals surface area contributed by atoms with Crippen molar-refractivity contribution in [1.82, 2.24) is 14.5 Å². The molecule has 3 aromatic rings. The molecular weight excluding hydrogens is 431 g/mol. The van der Waals surface area contributed by atoms with E-state index in [0.717, 1.165) is 17.8 Å². The summed E-state index contributed by atoms with van der Waals surface area (Å²) in [5.41, 5.74) is 0.175. The van der Waals surface area contributed by atoms with Gasteiger partial charge in [-0.15, -0.1) is 11.3 Å². The van der Waals surface area contributed by atoms with E-state index in [1.807, 2.05) is 4.90 Å². The second kappa shape index (κ2) is 8.82. The number of piperidine rings is 1. The molecule has 0 spiro atoms. The lowest BCUT2D eigenvalue weighted by atomic mass is 9.92. The Balaban J connectivity index is 1.60. The third-order valence-electron chi connectivity index (χ3n) is 5.77. The van der Waals surface area contributed by atoms with Crippen LogP contribution in [0.2, 0.25) is 0 Å². The van der Waals surface area contributed by atoms with E-state index in [0.29, 0.717) is 40.7 Å². The Morgan fingerprint density at radius 3 is 2.59 bits per heavy atom. The summed E-state index contributed by atoms with van der Waals surface area (Å²) in [6, 6.07) is 5.88. The largest absolute Gasteiger partial charge is 0.341 e. The van der Waals surface area contributed by atoms with E-state index in [1.165, 1.54) is 29.1 Å². The molecule has 2 atom stereocenters. The number of anilines is 1. The second-order valence-electron chi connectivity index (χ2n) is 8.59. The highest BCUT2D eigenvalue weighted by atomic mass is 32.1. The molecule has 2 amide bonds. The van der Waals surface area contributed by atoms with Crippen LogP contribution in [0, 0.1) is 24.6 Å². The number of nitrogens with zero attached hydrogens (tertiary/aromatic N) is 3. The highest BCUT2D eigenvalue weighted by Crippen LogP contribution is 2.28. The summed E-state index contributed by atoms with van der Waals surface area (Å²) in [4.78, 5) is 45.5. The molecule has 0 radical (unpaired) electrons. The Morgan fingerprint density at radius 2 is 1.91 bits per heavy atom. The van der Waals surface area contributed by atoms with Gasteiger partial charge in [-0.1, -0.05) is 26.0 Å². The van der Waals surface area contributed by atoms with Crippen molar-refractivity contribution in [1.29, 1.82) is 0 Å². The lowest BCUT2D eigenvalue weighted by Gasteiger charge is -2.35. The fraction of sp³-hybridized carbons (Fsp3) is 0.391. The second-order valence-corrected chi connectivity index (χ2v) is 9.59. The molecule has 9 heteroatoms. The standard InChI is InChI=1S/C23H25FN4O3S/c1-13-8-14(2)10-27(9-13)18(29)11-28-12-25-22-19(23(28)31)15(3)20(32-22)21(30)26-17-7-5-4-6-16(17)24/h4-7,12-14H,8-11H2,1-3H3,(H,26,30)/t13-,14-/m0/s1. The number of likely N-dealkylation sites (tertiary alicyclic amines) is 1. The zero-order valence-corrected chi connectivity index (χ0v) is 19.0. The number of fused-ring (bicyclic) bond motifs is 1. The monoisotopic (exact) mass is 456 g/mol. The zero-order chi connectivity index (χ0) is 23.0. The Hall–Kier alpha value is -3.07. The maximum atomic E-state index is 13.9. The number of para-hydroxylation sites is 1. The number of rotatable bonds is 4. The van der Waals surface area contributed by atoms with Gasteiger partial charge in [-0.2, -0.15) is 0 Å². The number of benzene rings is 1. The molecular formula is C23H25FN4O3S. The van der Waals surface area contributed by atoms with Crippen LogP contribution in [-0.2, 0) is 11.3 Å². The number of hydrogen-bond donors (Lipinski definition) is 1. The summed E-state index contributed by atoms with van der Waals surface area (Å²) in [5, 5.41) is 2.85. The van der Waals surface area contributed by atoms with Crippen LogP contribution in [0.1, 0.15) is 35.5 Å². The van der Waals surface area contributed by atoms with Crippen molar-refractivity contribution in [3.63, 3.8) is 0 Å². The van der Waals surface area contributed by atoms with Crippen molar-refractivity contribution < 1.29 is 14.0 Å². The number of hydrogen-bond acceptors (Lipinski definition) is 5. The first kappa shape index (κ1) is 22.1. The lowest BCUT2D eigenvalue weighted by Crippen LogP contribution is -2.44. The minimum absolute atomic E-state index is 0.0651. The van der Waals surface area contributed by atoms with Gasteiger partial charge in [-0.05, 0) is 42.9 Å². The van der Waals surface area contributed by atoms with E-state index >= 15 is 0 Å². The van der Waals surface area contributed by atoms with Gasteiger partial charge in [0.25, 0.3) is 11.5 Å². The van der Waals surface area contributed by atoms with Crippen LogP contribution in [0.25, 0.3) is 10.2 Å². The van der Waals surface area contributed by atoms with Gasteiger partial charge in [0.15, 0.2) is 0 Å². The Morgan fingerprint density at radius 1 is 1.22 bits per heavy atom. The number of aryl methyl sites for hydroxylation is 1. The van der Waals surface area contributed by atoms with E-state index < -0.39 is 11.7 Å². The van der Waals surface area contributed by atoms with E-state index in [-0.39, 0.29) is 28.6 Å². The number of nitrogens with one attached hydrogen (secondary N) is 1. The fourth-order valence-electron chi connectivity index (χ4n) is 4.34. The summed E-state index contributed by atoms with van der Waals surface area (Å²) in [6.07, 6.45) is 2.44. The average Bonchev–Trinajstić information content (AvgIpc) is 3.08. The van der Waals surface area contributed by atoms with Crippen molar-refractivity contribution in [3.8, 4) is 0 Å². The molecule has 3 heterocycles. The highest BCUT2D eigenvalue weighted by molar-refractivity contribution is 7.20. The Labute approximate surface area is 188 Å². The first-order chi connectivity index (χ1) is 15.2.